The standard InChI is InChI=1S/C14H18N2O/c1-10-8-13(17-3)9-11-4-5-12(6-7-15-2)16-14(10)11/h4-5,8-9,15H,6-7H2,1-3H3. The smallest absolute Gasteiger partial charge is 0.119 e. The normalized spacial score (nSPS) is 10.8. The fourth-order valence-corrected chi connectivity index (χ4v) is 1.93. The summed E-state index contributed by atoms with van der Waals surface area (Å²) in [5, 5.41) is 4.27. The van der Waals surface area contributed by atoms with Gasteiger partial charge in [-0.1, -0.05) is 6.07 Å². The Kier molecular flexibility index (Phi) is 3.59. The molecule has 0 aliphatic heterocycles. The van der Waals surface area contributed by atoms with Crippen molar-refractivity contribution in [2.45, 2.75) is 13.3 Å². The second-order valence-electron chi connectivity index (χ2n) is 4.17. The summed E-state index contributed by atoms with van der Waals surface area (Å²) in [6, 6.07) is 8.25. The Hall–Kier alpha value is -1.61. The van der Waals surface area contributed by atoms with Crippen LogP contribution >= 0.6 is 0 Å². The number of pyridine rings is 1. The molecule has 3 nitrogen and oxygen atoms in total. The molecule has 0 saturated heterocycles. The molecule has 0 aliphatic rings. The molecule has 1 aromatic heterocycles. The third-order valence-electron chi connectivity index (χ3n) is 2.88. The van der Waals surface area contributed by atoms with Crippen molar-refractivity contribution in [3.8, 4) is 5.75 Å². The molecular formula is C14H18N2O. The van der Waals surface area contributed by atoms with Crippen LogP contribution < -0.4 is 10.1 Å². The van der Waals surface area contributed by atoms with Crippen molar-refractivity contribution in [3.63, 3.8) is 0 Å². The predicted octanol–water partition coefficient (Wildman–Crippen LogP) is 2.31. The Bertz CT molecular complexity index is 523. The molecule has 90 valence electrons. The zero-order chi connectivity index (χ0) is 12.3. The van der Waals surface area contributed by atoms with Gasteiger partial charge in [0.25, 0.3) is 0 Å². The third kappa shape index (κ3) is 2.56. The quantitative estimate of drug-likeness (QED) is 0.875. The number of hydrogen-bond donors (Lipinski definition) is 1. The van der Waals surface area contributed by atoms with Crippen LogP contribution in [-0.4, -0.2) is 25.7 Å². The summed E-state index contributed by atoms with van der Waals surface area (Å²) in [5.74, 6) is 0.889. The summed E-state index contributed by atoms with van der Waals surface area (Å²) in [5.41, 5.74) is 3.35. The number of aryl methyl sites for hydroxylation is 1. The number of aromatic nitrogens is 1. The van der Waals surface area contributed by atoms with Gasteiger partial charge in [-0.25, -0.2) is 0 Å². The van der Waals surface area contributed by atoms with Gasteiger partial charge < -0.3 is 10.1 Å². The molecular weight excluding hydrogens is 212 g/mol. The minimum absolute atomic E-state index is 0.889. The van der Waals surface area contributed by atoms with E-state index in [1.165, 1.54) is 0 Å². The van der Waals surface area contributed by atoms with E-state index in [4.69, 9.17) is 9.72 Å². The first-order valence-electron chi connectivity index (χ1n) is 5.83. The molecule has 1 aromatic carbocycles. The Morgan fingerprint density at radius 2 is 2.12 bits per heavy atom. The molecule has 2 aromatic rings. The molecule has 17 heavy (non-hydrogen) atoms. The van der Waals surface area contributed by atoms with E-state index < -0.39 is 0 Å². The maximum atomic E-state index is 5.26. The van der Waals surface area contributed by atoms with Gasteiger partial charge in [-0.2, -0.15) is 0 Å². The van der Waals surface area contributed by atoms with Crippen molar-refractivity contribution < 1.29 is 4.74 Å². The van der Waals surface area contributed by atoms with Crippen molar-refractivity contribution in [2.24, 2.45) is 0 Å². The van der Waals surface area contributed by atoms with Crippen LogP contribution in [0, 0.1) is 6.92 Å². The Balaban J connectivity index is 2.43. The van der Waals surface area contributed by atoms with E-state index >= 15 is 0 Å². The van der Waals surface area contributed by atoms with Crippen molar-refractivity contribution in [3.05, 3.63) is 35.5 Å². The topological polar surface area (TPSA) is 34.1 Å². The zero-order valence-electron chi connectivity index (χ0n) is 10.6. The number of nitrogens with zero attached hydrogens (tertiary/aromatic N) is 1. The minimum Gasteiger partial charge on any atom is -0.497 e. The Morgan fingerprint density at radius 1 is 1.29 bits per heavy atom. The lowest BCUT2D eigenvalue weighted by Gasteiger charge is -2.07. The largest absolute Gasteiger partial charge is 0.497 e. The fourth-order valence-electron chi connectivity index (χ4n) is 1.93. The van der Waals surface area contributed by atoms with E-state index in [1.807, 2.05) is 19.2 Å². The second kappa shape index (κ2) is 5.15. The van der Waals surface area contributed by atoms with Gasteiger partial charge in [-0.3, -0.25) is 4.98 Å². The lowest BCUT2D eigenvalue weighted by atomic mass is 10.1. The van der Waals surface area contributed by atoms with Crippen LogP contribution in [0.3, 0.4) is 0 Å². The molecule has 0 atom stereocenters. The molecule has 0 unspecified atom stereocenters. The van der Waals surface area contributed by atoms with Crippen LogP contribution in [-0.2, 0) is 6.42 Å². The average molecular weight is 230 g/mol. The highest BCUT2D eigenvalue weighted by molar-refractivity contribution is 5.83. The maximum absolute atomic E-state index is 5.26. The summed E-state index contributed by atoms with van der Waals surface area (Å²) in [4.78, 5) is 4.69. The van der Waals surface area contributed by atoms with E-state index in [-0.39, 0.29) is 0 Å². The molecule has 0 radical (unpaired) electrons. The van der Waals surface area contributed by atoms with Gasteiger partial charge in [0.15, 0.2) is 0 Å². The minimum atomic E-state index is 0.889. The van der Waals surface area contributed by atoms with Crippen LogP contribution in [0.2, 0.25) is 0 Å². The lowest BCUT2D eigenvalue weighted by molar-refractivity contribution is 0.415. The lowest BCUT2D eigenvalue weighted by Crippen LogP contribution is -2.11. The highest BCUT2D eigenvalue weighted by Crippen LogP contribution is 2.23. The van der Waals surface area contributed by atoms with E-state index in [9.17, 15) is 0 Å². The van der Waals surface area contributed by atoms with Gasteiger partial charge in [0, 0.05) is 24.0 Å². The van der Waals surface area contributed by atoms with Gasteiger partial charge in [0.1, 0.15) is 5.75 Å². The molecule has 0 aliphatic carbocycles. The Morgan fingerprint density at radius 3 is 2.82 bits per heavy atom. The first-order chi connectivity index (χ1) is 8.24. The first-order valence-corrected chi connectivity index (χ1v) is 5.83. The molecule has 1 heterocycles. The molecule has 0 amide bonds. The monoisotopic (exact) mass is 230 g/mol. The summed E-state index contributed by atoms with van der Waals surface area (Å²) >= 11 is 0. The van der Waals surface area contributed by atoms with Crippen LogP contribution in [0.5, 0.6) is 5.75 Å². The van der Waals surface area contributed by atoms with Crippen molar-refractivity contribution in [1.29, 1.82) is 0 Å². The number of likely N-dealkylation sites (N-methyl/N-ethyl adjacent to an activating group) is 1. The summed E-state index contributed by atoms with van der Waals surface area (Å²) in [6.07, 6.45) is 0.956. The molecule has 1 N–H and O–H groups in total. The number of nitrogens with one attached hydrogen (secondary N) is 1. The SMILES string of the molecule is CNCCc1ccc2cc(OC)cc(C)c2n1. The first kappa shape index (κ1) is 11.9. The van der Waals surface area contributed by atoms with Crippen molar-refractivity contribution in [1.82, 2.24) is 10.3 Å². The molecule has 0 bridgehead atoms. The number of ether oxygens (including phenoxy) is 1. The molecule has 0 saturated carbocycles. The molecule has 3 heteroatoms. The van der Waals surface area contributed by atoms with E-state index in [2.05, 4.69) is 24.4 Å². The third-order valence-corrected chi connectivity index (χ3v) is 2.88. The molecule has 0 fully saturated rings. The maximum Gasteiger partial charge on any atom is 0.119 e. The zero-order valence-corrected chi connectivity index (χ0v) is 10.6. The van der Waals surface area contributed by atoms with Gasteiger partial charge in [-0.05, 0) is 37.7 Å². The van der Waals surface area contributed by atoms with Gasteiger partial charge in [-0.15, -0.1) is 0 Å². The highest BCUT2D eigenvalue weighted by atomic mass is 16.5. The predicted molar refractivity (Wildman–Crippen MR) is 70.7 cm³/mol. The fraction of sp³-hybridized carbons (Fsp3) is 0.357. The van der Waals surface area contributed by atoms with E-state index in [0.717, 1.165) is 40.9 Å². The van der Waals surface area contributed by atoms with Gasteiger partial charge in [0.2, 0.25) is 0 Å². The Labute approximate surface area is 102 Å². The van der Waals surface area contributed by atoms with Crippen LogP contribution in [0.15, 0.2) is 24.3 Å². The summed E-state index contributed by atoms with van der Waals surface area (Å²) < 4.78 is 5.26. The average Bonchev–Trinajstić information content (AvgIpc) is 2.36. The molecule has 0 spiro atoms. The number of benzene rings is 1. The summed E-state index contributed by atoms with van der Waals surface area (Å²) in [7, 11) is 3.65. The van der Waals surface area contributed by atoms with Gasteiger partial charge >= 0.3 is 0 Å². The van der Waals surface area contributed by atoms with Crippen molar-refractivity contribution >= 4 is 10.9 Å². The number of hydrogen-bond acceptors (Lipinski definition) is 3. The van der Waals surface area contributed by atoms with Crippen LogP contribution in [0.4, 0.5) is 0 Å². The second-order valence-corrected chi connectivity index (χ2v) is 4.17. The van der Waals surface area contributed by atoms with Crippen molar-refractivity contribution in [2.75, 3.05) is 20.7 Å². The number of fused-ring (bicyclic) bond motifs is 1. The van der Waals surface area contributed by atoms with Gasteiger partial charge in [0.05, 0.1) is 12.6 Å². The molecule has 2 rings (SSSR count). The van der Waals surface area contributed by atoms with Crippen LogP contribution in [0.1, 0.15) is 11.3 Å². The van der Waals surface area contributed by atoms with Crippen LogP contribution in [0.25, 0.3) is 10.9 Å². The summed E-state index contributed by atoms with van der Waals surface area (Å²) in [6.45, 7) is 3.02. The number of methoxy groups -OCH3 is 1. The number of rotatable bonds is 4. The van der Waals surface area contributed by atoms with E-state index in [0.29, 0.717) is 0 Å². The van der Waals surface area contributed by atoms with E-state index in [1.54, 1.807) is 7.11 Å². The highest BCUT2D eigenvalue weighted by Gasteiger charge is 2.04.